The van der Waals surface area contributed by atoms with Gasteiger partial charge in [-0.3, -0.25) is 14.9 Å². The molecule has 0 radical (unpaired) electrons. The lowest BCUT2D eigenvalue weighted by Crippen LogP contribution is -2.26. The van der Waals surface area contributed by atoms with Crippen molar-refractivity contribution in [2.75, 3.05) is 20.2 Å². The summed E-state index contributed by atoms with van der Waals surface area (Å²) in [7, 11) is 1.57. The van der Waals surface area contributed by atoms with Gasteiger partial charge in [0.15, 0.2) is 0 Å². The van der Waals surface area contributed by atoms with E-state index < -0.39 is 10.9 Å². The fraction of sp³-hybridized carbons (Fsp3) is 0.385. The molecule has 7 heteroatoms. The molecule has 0 aromatic heterocycles. The fourth-order valence-corrected chi connectivity index (χ4v) is 1.54. The fourth-order valence-electron chi connectivity index (χ4n) is 1.54. The number of hydrogen-bond acceptors (Lipinski definition) is 5. The van der Waals surface area contributed by atoms with Crippen molar-refractivity contribution in [3.05, 3.63) is 39.4 Å². The Hall–Kier alpha value is -2.44. The Morgan fingerprint density at radius 2 is 1.85 bits per heavy atom. The zero-order chi connectivity index (χ0) is 15.3. The van der Waals surface area contributed by atoms with Gasteiger partial charge in [-0.1, -0.05) is 0 Å². The number of carbonyl (C=O) groups excluding carboxylic acids is 2. The summed E-state index contributed by atoms with van der Waals surface area (Å²) >= 11 is 0. The number of amides is 1. The second-order valence-corrected chi connectivity index (χ2v) is 4.07. The highest BCUT2D eigenvalue weighted by Gasteiger charge is 2.20. The van der Waals surface area contributed by atoms with Gasteiger partial charge in [-0.25, -0.2) is 4.79 Å². The number of nitro benzene ring substituents is 1. The van der Waals surface area contributed by atoms with E-state index in [1.165, 1.54) is 11.0 Å². The summed E-state index contributed by atoms with van der Waals surface area (Å²) in [6.45, 7) is 4.02. The first-order valence-electron chi connectivity index (χ1n) is 6.12. The molecule has 108 valence electrons. The minimum absolute atomic E-state index is 0.00565. The van der Waals surface area contributed by atoms with Gasteiger partial charge in [0, 0.05) is 31.3 Å². The topological polar surface area (TPSA) is 89.8 Å². The van der Waals surface area contributed by atoms with Crippen LogP contribution in [0.5, 0.6) is 0 Å². The number of rotatable bonds is 5. The van der Waals surface area contributed by atoms with Gasteiger partial charge in [0.05, 0.1) is 17.1 Å². The van der Waals surface area contributed by atoms with E-state index >= 15 is 0 Å². The van der Waals surface area contributed by atoms with E-state index in [0.29, 0.717) is 6.54 Å². The van der Waals surface area contributed by atoms with Crippen LogP contribution in [0.3, 0.4) is 0 Å². The van der Waals surface area contributed by atoms with Crippen molar-refractivity contribution in [3.8, 4) is 0 Å². The smallest absolute Gasteiger partial charge is 0.338 e. The van der Waals surface area contributed by atoms with E-state index in [1.807, 2.05) is 0 Å². The predicted molar refractivity (Wildman–Crippen MR) is 71.7 cm³/mol. The molecule has 0 fully saturated rings. The normalized spacial score (nSPS) is 9.95. The maximum absolute atomic E-state index is 12.0. The number of hydrogen-bond donors (Lipinski definition) is 0. The SMILES string of the molecule is CCOC(=O)c1cc(C(=O)N(C)CC)cc([N+](=O)[O-])c1. The van der Waals surface area contributed by atoms with Crippen LogP contribution in [-0.2, 0) is 4.74 Å². The molecule has 20 heavy (non-hydrogen) atoms. The maximum atomic E-state index is 12.0. The molecule has 0 bridgehead atoms. The van der Waals surface area contributed by atoms with Crippen LogP contribution in [0.25, 0.3) is 0 Å². The standard InChI is InChI=1S/C13H16N2O5/c1-4-14(3)12(16)9-6-10(13(17)20-5-2)8-11(7-9)15(18)19/h6-8H,4-5H2,1-3H3. The Balaban J connectivity index is 3.27. The van der Waals surface area contributed by atoms with Crippen LogP contribution in [0.1, 0.15) is 34.6 Å². The van der Waals surface area contributed by atoms with Crippen molar-refractivity contribution in [1.29, 1.82) is 0 Å². The molecule has 7 nitrogen and oxygen atoms in total. The summed E-state index contributed by atoms with van der Waals surface area (Å²) in [6.07, 6.45) is 0. The number of carbonyl (C=O) groups is 2. The first-order valence-corrected chi connectivity index (χ1v) is 6.12. The minimum Gasteiger partial charge on any atom is -0.462 e. The van der Waals surface area contributed by atoms with Crippen LogP contribution in [0.2, 0.25) is 0 Å². The van der Waals surface area contributed by atoms with Gasteiger partial charge in [-0.2, -0.15) is 0 Å². The van der Waals surface area contributed by atoms with Gasteiger partial charge < -0.3 is 9.64 Å². The van der Waals surface area contributed by atoms with Gasteiger partial charge in [0.1, 0.15) is 0 Å². The van der Waals surface area contributed by atoms with E-state index in [4.69, 9.17) is 4.74 Å². The zero-order valence-corrected chi connectivity index (χ0v) is 11.6. The molecule has 0 aliphatic rings. The lowest BCUT2D eigenvalue weighted by atomic mass is 10.1. The summed E-state index contributed by atoms with van der Waals surface area (Å²) in [5.41, 5.74) is -0.232. The number of non-ortho nitro benzene ring substituents is 1. The van der Waals surface area contributed by atoms with E-state index in [2.05, 4.69) is 0 Å². The molecule has 1 aromatic carbocycles. The second kappa shape index (κ2) is 6.65. The van der Waals surface area contributed by atoms with Crippen molar-refractivity contribution in [2.45, 2.75) is 13.8 Å². The van der Waals surface area contributed by atoms with Gasteiger partial charge in [0.2, 0.25) is 0 Å². The van der Waals surface area contributed by atoms with Gasteiger partial charge in [-0.15, -0.1) is 0 Å². The van der Waals surface area contributed by atoms with Gasteiger partial charge in [-0.05, 0) is 19.9 Å². The van der Waals surface area contributed by atoms with Crippen molar-refractivity contribution >= 4 is 17.6 Å². The number of nitrogens with zero attached hydrogens (tertiary/aromatic N) is 2. The Morgan fingerprint density at radius 3 is 2.35 bits per heavy atom. The molecule has 0 saturated heterocycles. The lowest BCUT2D eigenvalue weighted by Gasteiger charge is -2.14. The van der Waals surface area contributed by atoms with E-state index in [1.54, 1.807) is 20.9 Å². The van der Waals surface area contributed by atoms with Crippen LogP contribution in [0, 0.1) is 10.1 Å². The van der Waals surface area contributed by atoms with Gasteiger partial charge >= 0.3 is 5.97 Å². The number of esters is 1. The van der Waals surface area contributed by atoms with E-state index in [9.17, 15) is 19.7 Å². The highest BCUT2D eigenvalue weighted by molar-refractivity contribution is 5.98. The third-order valence-corrected chi connectivity index (χ3v) is 2.71. The molecule has 0 aliphatic carbocycles. The molecule has 0 aliphatic heterocycles. The summed E-state index contributed by atoms with van der Waals surface area (Å²) < 4.78 is 4.80. The molecule has 0 atom stereocenters. The Bertz CT molecular complexity index is 542. The van der Waals surface area contributed by atoms with Crippen LogP contribution >= 0.6 is 0 Å². The third-order valence-electron chi connectivity index (χ3n) is 2.71. The van der Waals surface area contributed by atoms with Crippen molar-refractivity contribution in [2.24, 2.45) is 0 Å². The second-order valence-electron chi connectivity index (χ2n) is 4.07. The third kappa shape index (κ3) is 3.53. The van der Waals surface area contributed by atoms with Crippen molar-refractivity contribution < 1.29 is 19.2 Å². The summed E-state index contributed by atoms with van der Waals surface area (Å²) in [4.78, 5) is 35.3. The number of benzene rings is 1. The van der Waals surface area contributed by atoms with E-state index in [0.717, 1.165) is 12.1 Å². The monoisotopic (exact) mass is 280 g/mol. The molecule has 1 amide bonds. The minimum atomic E-state index is -0.690. The summed E-state index contributed by atoms with van der Waals surface area (Å²) in [6, 6.07) is 3.55. The van der Waals surface area contributed by atoms with Crippen LogP contribution in [-0.4, -0.2) is 41.9 Å². The molecule has 0 N–H and O–H groups in total. The molecule has 0 unspecified atom stereocenters. The molecule has 0 saturated carbocycles. The van der Waals surface area contributed by atoms with Crippen molar-refractivity contribution in [3.63, 3.8) is 0 Å². The quantitative estimate of drug-likeness (QED) is 0.466. The highest BCUT2D eigenvalue weighted by atomic mass is 16.6. The van der Waals surface area contributed by atoms with Gasteiger partial charge in [0.25, 0.3) is 11.6 Å². The molecule has 0 heterocycles. The van der Waals surface area contributed by atoms with Crippen LogP contribution < -0.4 is 0 Å². The molecular weight excluding hydrogens is 264 g/mol. The lowest BCUT2D eigenvalue weighted by molar-refractivity contribution is -0.384. The number of nitro groups is 1. The Labute approximate surface area is 116 Å². The Morgan fingerprint density at radius 1 is 1.25 bits per heavy atom. The summed E-state index contributed by atoms with van der Waals surface area (Å²) in [5, 5.41) is 10.9. The largest absolute Gasteiger partial charge is 0.462 e. The van der Waals surface area contributed by atoms with Crippen molar-refractivity contribution in [1.82, 2.24) is 4.90 Å². The Kier molecular flexibility index (Phi) is 5.19. The molecule has 1 aromatic rings. The zero-order valence-electron chi connectivity index (χ0n) is 11.6. The maximum Gasteiger partial charge on any atom is 0.338 e. The van der Waals surface area contributed by atoms with Crippen LogP contribution in [0.15, 0.2) is 18.2 Å². The molecule has 1 rings (SSSR count). The average Bonchev–Trinajstić information content (AvgIpc) is 2.45. The van der Waals surface area contributed by atoms with E-state index in [-0.39, 0.29) is 29.3 Å². The number of ether oxygens (including phenoxy) is 1. The summed E-state index contributed by atoms with van der Waals surface area (Å²) in [5.74, 6) is -1.08. The average molecular weight is 280 g/mol. The first kappa shape index (κ1) is 15.6. The highest BCUT2D eigenvalue weighted by Crippen LogP contribution is 2.19. The molecular formula is C13H16N2O5. The predicted octanol–water partition coefficient (Wildman–Crippen LogP) is 1.86. The van der Waals surface area contributed by atoms with Crippen LogP contribution in [0.4, 0.5) is 5.69 Å². The molecule has 0 spiro atoms. The first-order chi connectivity index (χ1) is 9.40.